The van der Waals surface area contributed by atoms with Crippen molar-refractivity contribution in [2.45, 2.75) is 20.0 Å². The van der Waals surface area contributed by atoms with Gasteiger partial charge in [0.05, 0.1) is 7.11 Å². The second-order valence-corrected chi connectivity index (χ2v) is 9.25. The number of nitrogens with one attached hydrogen (secondary N) is 1. The van der Waals surface area contributed by atoms with Crippen LogP contribution in [0.25, 0.3) is 22.5 Å². The third kappa shape index (κ3) is 6.28. The Morgan fingerprint density at radius 2 is 1.41 bits per heavy atom. The molecule has 0 saturated carbocycles. The number of hydrogen-bond donors (Lipinski definition) is 1. The van der Waals surface area contributed by atoms with Gasteiger partial charge < -0.3 is 18.7 Å². The van der Waals surface area contributed by atoms with E-state index in [9.17, 15) is 9.59 Å². The lowest BCUT2D eigenvalue weighted by atomic mass is 10.0. The normalized spacial score (nSPS) is 11.4. The maximum Gasteiger partial charge on any atom is 0.412 e. The van der Waals surface area contributed by atoms with Gasteiger partial charge >= 0.3 is 12.1 Å². The van der Waals surface area contributed by atoms with E-state index in [1.54, 1.807) is 31.2 Å². The monoisotopic (exact) mass is 548 g/mol. The Kier molecular flexibility index (Phi) is 8.10. The lowest BCUT2D eigenvalue weighted by Gasteiger charge is -2.14. The molecule has 0 fully saturated rings. The topological polar surface area (TPSA) is 99.9 Å². The maximum atomic E-state index is 12.6. The molecule has 0 spiro atoms. The average Bonchev–Trinajstić information content (AvgIpc) is 3.37. The largest absolute Gasteiger partial charge is 0.465 e. The first kappa shape index (κ1) is 27.2. The highest BCUT2D eigenvalue weighted by atomic mass is 16.6. The van der Waals surface area contributed by atoms with Crippen LogP contribution >= 0.6 is 0 Å². The molecule has 4 aromatic carbocycles. The molecule has 8 nitrogen and oxygen atoms in total. The highest BCUT2D eigenvalue weighted by Crippen LogP contribution is 2.34. The Morgan fingerprint density at radius 1 is 0.805 bits per heavy atom. The molecule has 1 heterocycles. The first-order valence-electron chi connectivity index (χ1n) is 13.0. The summed E-state index contributed by atoms with van der Waals surface area (Å²) in [6.07, 6.45) is -1.01. The van der Waals surface area contributed by atoms with E-state index in [-0.39, 0.29) is 0 Å². The van der Waals surface area contributed by atoms with Crippen LogP contribution in [0.3, 0.4) is 0 Å². The molecule has 0 bridgehead atoms. The van der Waals surface area contributed by atoms with Gasteiger partial charge in [0.15, 0.2) is 5.76 Å². The molecule has 0 unspecified atom stereocenters. The van der Waals surface area contributed by atoms with Crippen molar-refractivity contribution in [2.24, 2.45) is 0 Å². The van der Waals surface area contributed by atoms with Crippen LogP contribution in [0, 0.1) is 6.92 Å². The van der Waals surface area contributed by atoms with Crippen LogP contribution in [0.2, 0.25) is 0 Å². The summed E-state index contributed by atoms with van der Waals surface area (Å²) in [6, 6.07) is 31.7. The fourth-order valence-electron chi connectivity index (χ4n) is 4.29. The van der Waals surface area contributed by atoms with Gasteiger partial charge in [0.25, 0.3) is 0 Å². The van der Waals surface area contributed by atoms with Crippen LogP contribution in [0.1, 0.15) is 34.6 Å². The number of carbonyl (C=O) groups is 2. The Hall–Kier alpha value is -5.37. The standard InChI is InChI=1S/C33H28N2O6/c1-21-30(34-33(37)39-22(2)23-9-5-4-6-10-23)31(41-35-21)26-15-13-24(14-16-26)25-17-19-27(20-18-25)40-29-12-8-7-11-28(29)32(36)38-3/h4-20,22H,1-3H3,(H,34,37)/t22-/m1/s1. The third-order valence-corrected chi connectivity index (χ3v) is 6.50. The number of hydrogen-bond acceptors (Lipinski definition) is 7. The smallest absolute Gasteiger partial charge is 0.412 e. The van der Waals surface area contributed by atoms with Crippen LogP contribution in [0.4, 0.5) is 10.5 Å². The second kappa shape index (κ2) is 12.2. The molecular weight excluding hydrogens is 520 g/mol. The minimum atomic E-state index is -0.595. The number of nitrogens with zero attached hydrogens (tertiary/aromatic N) is 1. The third-order valence-electron chi connectivity index (χ3n) is 6.50. The van der Waals surface area contributed by atoms with E-state index in [2.05, 4.69) is 10.5 Å². The highest BCUT2D eigenvalue weighted by Gasteiger charge is 2.20. The Morgan fingerprint density at radius 3 is 2.10 bits per heavy atom. The number of rotatable bonds is 8. The predicted molar refractivity (Wildman–Crippen MR) is 155 cm³/mol. The summed E-state index contributed by atoms with van der Waals surface area (Å²) in [5.74, 6) is 0.979. The lowest BCUT2D eigenvalue weighted by Crippen LogP contribution is -2.16. The number of para-hydroxylation sites is 1. The summed E-state index contributed by atoms with van der Waals surface area (Å²) in [4.78, 5) is 24.7. The minimum absolute atomic E-state index is 0.352. The molecule has 0 aliphatic rings. The fraction of sp³-hybridized carbons (Fsp3) is 0.121. The van der Waals surface area contributed by atoms with E-state index in [0.717, 1.165) is 22.3 Å². The Balaban J connectivity index is 1.27. The van der Waals surface area contributed by atoms with E-state index < -0.39 is 18.2 Å². The van der Waals surface area contributed by atoms with Gasteiger partial charge in [-0.25, -0.2) is 9.59 Å². The van der Waals surface area contributed by atoms with Crippen molar-refractivity contribution < 1.29 is 28.3 Å². The van der Waals surface area contributed by atoms with Crippen molar-refractivity contribution in [3.8, 4) is 33.9 Å². The molecule has 0 aliphatic heterocycles. The van der Waals surface area contributed by atoms with Crippen molar-refractivity contribution >= 4 is 17.7 Å². The number of esters is 1. The van der Waals surface area contributed by atoms with Gasteiger partial charge in [0.2, 0.25) is 0 Å². The van der Waals surface area contributed by atoms with Gasteiger partial charge in [0.1, 0.15) is 34.5 Å². The molecule has 5 aromatic rings. The second-order valence-electron chi connectivity index (χ2n) is 9.25. The van der Waals surface area contributed by atoms with Crippen molar-refractivity contribution in [3.05, 3.63) is 120 Å². The highest BCUT2D eigenvalue weighted by molar-refractivity contribution is 5.92. The van der Waals surface area contributed by atoms with Crippen molar-refractivity contribution in [2.75, 3.05) is 12.4 Å². The molecule has 206 valence electrons. The predicted octanol–water partition coefficient (Wildman–Crippen LogP) is 8.21. The molecule has 1 atom stereocenters. The van der Waals surface area contributed by atoms with Gasteiger partial charge in [-0.15, -0.1) is 0 Å². The van der Waals surface area contributed by atoms with Crippen LogP contribution in [-0.2, 0) is 9.47 Å². The maximum absolute atomic E-state index is 12.6. The summed E-state index contributed by atoms with van der Waals surface area (Å²) < 4.78 is 21.9. The molecule has 0 saturated heterocycles. The number of carbonyl (C=O) groups excluding carboxylic acids is 2. The molecular formula is C33H28N2O6. The van der Waals surface area contributed by atoms with Crippen LogP contribution in [0.15, 0.2) is 108 Å². The number of aromatic nitrogens is 1. The van der Waals surface area contributed by atoms with E-state index in [0.29, 0.717) is 34.2 Å². The molecule has 1 N–H and O–H groups in total. The lowest BCUT2D eigenvalue weighted by molar-refractivity contribution is 0.0598. The van der Waals surface area contributed by atoms with E-state index in [4.69, 9.17) is 18.7 Å². The number of ether oxygens (including phenoxy) is 3. The van der Waals surface area contributed by atoms with Crippen molar-refractivity contribution in [1.29, 1.82) is 0 Å². The zero-order valence-corrected chi connectivity index (χ0v) is 22.8. The zero-order chi connectivity index (χ0) is 28.8. The Bertz CT molecular complexity index is 1640. The van der Waals surface area contributed by atoms with Gasteiger partial charge in [-0.1, -0.05) is 84.0 Å². The first-order chi connectivity index (χ1) is 19.9. The molecule has 1 aromatic heterocycles. The van der Waals surface area contributed by atoms with E-state index in [1.807, 2.05) is 85.8 Å². The number of amides is 1. The summed E-state index contributed by atoms with van der Waals surface area (Å²) >= 11 is 0. The summed E-state index contributed by atoms with van der Waals surface area (Å²) in [7, 11) is 1.33. The zero-order valence-electron chi connectivity index (χ0n) is 22.8. The minimum Gasteiger partial charge on any atom is -0.465 e. The van der Waals surface area contributed by atoms with Gasteiger partial charge in [-0.2, -0.15) is 0 Å². The van der Waals surface area contributed by atoms with Crippen LogP contribution < -0.4 is 10.1 Å². The molecule has 5 rings (SSSR count). The van der Waals surface area contributed by atoms with Crippen molar-refractivity contribution in [3.63, 3.8) is 0 Å². The Labute approximate surface area is 237 Å². The van der Waals surface area contributed by atoms with Crippen LogP contribution in [-0.4, -0.2) is 24.3 Å². The van der Waals surface area contributed by atoms with Gasteiger partial charge in [-0.3, -0.25) is 5.32 Å². The number of methoxy groups -OCH3 is 1. The SMILES string of the molecule is COC(=O)c1ccccc1Oc1ccc(-c2ccc(-c3onc(C)c3NC(=O)O[C@H](C)c3ccccc3)cc2)cc1. The number of aryl methyl sites for hydroxylation is 1. The van der Waals surface area contributed by atoms with E-state index >= 15 is 0 Å². The average molecular weight is 549 g/mol. The molecule has 41 heavy (non-hydrogen) atoms. The summed E-state index contributed by atoms with van der Waals surface area (Å²) in [5.41, 5.74) is 4.93. The van der Waals surface area contributed by atoms with Gasteiger partial charge in [-0.05, 0) is 54.8 Å². The molecule has 8 heteroatoms. The molecule has 0 aliphatic carbocycles. The van der Waals surface area contributed by atoms with E-state index in [1.165, 1.54) is 7.11 Å². The summed E-state index contributed by atoms with van der Waals surface area (Å²) in [6.45, 7) is 3.57. The van der Waals surface area contributed by atoms with Crippen molar-refractivity contribution in [1.82, 2.24) is 5.16 Å². The molecule has 0 radical (unpaired) electrons. The van der Waals surface area contributed by atoms with Gasteiger partial charge in [0, 0.05) is 5.56 Å². The quantitative estimate of drug-likeness (QED) is 0.195. The molecule has 1 amide bonds. The summed E-state index contributed by atoms with van der Waals surface area (Å²) in [5, 5.41) is 6.83. The van der Waals surface area contributed by atoms with Crippen LogP contribution in [0.5, 0.6) is 11.5 Å². The number of anilines is 1. The number of benzene rings is 4. The fourth-order valence-corrected chi connectivity index (χ4v) is 4.29. The first-order valence-corrected chi connectivity index (χ1v) is 13.0.